The summed E-state index contributed by atoms with van der Waals surface area (Å²) >= 11 is 0. The number of hydrogen-bond acceptors (Lipinski definition) is 2. The lowest BCUT2D eigenvalue weighted by Crippen LogP contribution is -2.25. The maximum Gasteiger partial charge on any atom is 0.127 e. The van der Waals surface area contributed by atoms with Crippen molar-refractivity contribution in [1.82, 2.24) is 4.90 Å². The lowest BCUT2D eigenvalue weighted by atomic mass is 10.2. The third-order valence-electron chi connectivity index (χ3n) is 2.61. The van der Waals surface area contributed by atoms with Crippen LogP contribution in [0.15, 0.2) is 36.1 Å². The van der Waals surface area contributed by atoms with Gasteiger partial charge in [-0.05, 0) is 37.7 Å². The largest absolute Gasteiger partial charge is 0.462 e. The van der Waals surface area contributed by atoms with Crippen molar-refractivity contribution < 1.29 is 4.74 Å². The summed E-state index contributed by atoms with van der Waals surface area (Å²) in [5.41, 5.74) is 1.24. The first-order chi connectivity index (χ1) is 7.24. The summed E-state index contributed by atoms with van der Waals surface area (Å²) in [5, 5.41) is 0. The Labute approximate surface area is 91.2 Å². The molecule has 0 amide bonds. The molecular weight excluding hydrogens is 186 g/mol. The molecule has 0 aliphatic carbocycles. The van der Waals surface area contributed by atoms with Gasteiger partial charge in [0, 0.05) is 19.5 Å². The minimum Gasteiger partial charge on any atom is -0.462 e. The zero-order chi connectivity index (χ0) is 10.7. The number of hydrogen-bond donors (Lipinski definition) is 0. The first-order valence-corrected chi connectivity index (χ1v) is 5.36. The van der Waals surface area contributed by atoms with E-state index in [0.29, 0.717) is 0 Å². The maximum atomic E-state index is 5.82. The fraction of sp³-hybridized carbons (Fsp3) is 0.385. The van der Waals surface area contributed by atoms with Crippen molar-refractivity contribution >= 4 is 0 Å². The van der Waals surface area contributed by atoms with Gasteiger partial charge in [-0.25, -0.2) is 0 Å². The molecule has 0 saturated carbocycles. The van der Waals surface area contributed by atoms with Gasteiger partial charge in [0.1, 0.15) is 11.5 Å². The van der Waals surface area contributed by atoms with E-state index in [-0.39, 0.29) is 0 Å². The number of benzene rings is 1. The first kappa shape index (κ1) is 10.2. The van der Waals surface area contributed by atoms with Crippen LogP contribution in [0.25, 0.3) is 0 Å². The van der Waals surface area contributed by atoms with Gasteiger partial charge in [0.15, 0.2) is 0 Å². The Kier molecular flexibility index (Phi) is 3.07. The van der Waals surface area contributed by atoms with E-state index in [4.69, 9.17) is 4.74 Å². The van der Waals surface area contributed by atoms with E-state index >= 15 is 0 Å². The Morgan fingerprint density at radius 3 is 2.87 bits per heavy atom. The minimum absolute atomic E-state index is 0.950. The summed E-state index contributed by atoms with van der Waals surface area (Å²) in [6, 6.07) is 8.18. The molecule has 0 radical (unpaired) electrons. The van der Waals surface area contributed by atoms with Crippen LogP contribution in [-0.2, 0) is 0 Å². The van der Waals surface area contributed by atoms with Crippen LogP contribution in [0.4, 0.5) is 0 Å². The van der Waals surface area contributed by atoms with Crippen molar-refractivity contribution in [1.29, 1.82) is 0 Å². The monoisotopic (exact) mass is 203 g/mol. The molecule has 1 aliphatic rings. The van der Waals surface area contributed by atoms with Crippen molar-refractivity contribution in [3.05, 3.63) is 41.7 Å². The highest BCUT2D eigenvalue weighted by Crippen LogP contribution is 2.18. The summed E-state index contributed by atoms with van der Waals surface area (Å²) in [6.07, 6.45) is 3.16. The Bertz CT molecular complexity index is 371. The molecule has 0 saturated heterocycles. The molecule has 0 bridgehead atoms. The fourth-order valence-corrected chi connectivity index (χ4v) is 1.67. The Balaban J connectivity index is 2.03. The molecule has 1 aromatic rings. The highest BCUT2D eigenvalue weighted by molar-refractivity contribution is 5.29. The van der Waals surface area contributed by atoms with Crippen LogP contribution < -0.4 is 4.74 Å². The number of ether oxygens (including phenoxy) is 1. The van der Waals surface area contributed by atoms with Crippen LogP contribution in [-0.4, -0.2) is 25.0 Å². The summed E-state index contributed by atoms with van der Waals surface area (Å²) in [5.74, 6) is 2.05. The maximum absolute atomic E-state index is 5.82. The molecule has 0 spiro atoms. The van der Waals surface area contributed by atoms with Crippen LogP contribution in [0, 0.1) is 6.92 Å². The summed E-state index contributed by atoms with van der Waals surface area (Å²) < 4.78 is 5.82. The predicted octanol–water partition coefficient (Wildman–Crippen LogP) is 2.59. The smallest absolute Gasteiger partial charge is 0.127 e. The highest BCUT2D eigenvalue weighted by atomic mass is 16.5. The standard InChI is InChI=1S/C13H17NO/c1-11-4-3-5-13(10-11)15-12-6-8-14(2)9-7-12/h3-6,10H,7-9H2,1-2H3. The van der Waals surface area contributed by atoms with Gasteiger partial charge in [-0.2, -0.15) is 0 Å². The first-order valence-electron chi connectivity index (χ1n) is 5.36. The molecule has 2 rings (SSSR count). The van der Waals surface area contributed by atoms with E-state index in [1.807, 2.05) is 12.1 Å². The van der Waals surface area contributed by atoms with Gasteiger partial charge in [-0.1, -0.05) is 12.1 Å². The van der Waals surface area contributed by atoms with Gasteiger partial charge in [0.2, 0.25) is 0 Å². The number of nitrogens with zero attached hydrogens (tertiary/aromatic N) is 1. The van der Waals surface area contributed by atoms with Crippen molar-refractivity contribution in [3.8, 4) is 5.75 Å². The van der Waals surface area contributed by atoms with Gasteiger partial charge in [0.05, 0.1) is 0 Å². The van der Waals surface area contributed by atoms with Crippen LogP contribution in [0.5, 0.6) is 5.75 Å². The molecular formula is C13H17NO. The number of rotatable bonds is 2. The van der Waals surface area contributed by atoms with Crippen LogP contribution in [0.2, 0.25) is 0 Å². The molecule has 1 aromatic carbocycles. The molecule has 0 aromatic heterocycles. The molecule has 15 heavy (non-hydrogen) atoms. The van der Waals surface area contributed by atoms with E-state index in [0.717, 1.165) is 31.0 Å². The van der Waals surface area contributed by atoms with Gasteiger partial charge < -0.3 is 9.64 Å². The molecule has 1 heterocycles. The number of likely N-dealkylation sites (N-methyl/N-ethyl adjacent to an activating group) is 1. The van der Waals surface area contributed by atoms with Crippen molar-refractivity contribution in [3.63, 3.8) is 0 Å². The third kappa shape index (κ3) is 2.83. The summed E-state index contributed by atoms with van der Waals surface area (Å²) in [7, 11) is 2.12. The minimum atomic E-state index is 0.950. The second-order valence-electron chi connectivity index (χ2n) is 4.10. The summed E-state index contributed by atoms with van der Waals surface area (Å²) in [6.45, 7) is 4.15. The van der Waals surface area contributed by atoms with Gasteiger partial charge >= 0.3 is 0 Å². The molecule has 1 aliphatic heterocycles. The Morgan fingerprint density at radius 2 is 2.20 bits per heavy atom. The van der Waals surface area contributed by atoms with E-state index in [2.05, 4.69) is 37.1 Å². The normalized spacial score (nSPS) is 17.3. The zero-order valence-electron chi connectivity index (χ0n) is 9.36. The SMILES string of the molecule is Cc1cccc(OC2=CCN(C)CC2)c1. The van der Waals surface area contributed by atoms with E-state index in [1.165, 1.54) is 5.56 Å². The second kappa shape index (κ2) is 4.49. The Morgan fingerprint density at radius 1 is 1.33 bits per heavy atom. The Hall–Kier alpha value is -1.28. The summed E-state index contributed by atoms with van der Waals surface area (Å²) in [4.78, 5) is 2.28. The van der Waals surface area contributed by atoms with E-state index in [1.54, 1.807) is 0 Å². The van der Waals surface area contributed by atoms with E-state index < -0.39 is 0 Å². The van der Waals surface area contributed by atoms with Crippen LogP contribution in [0.1, 0.15) is 12.0 Å². The molecule has 80 valence electrons. The molecule has 0 fully saturated rings. The topological polar surface area (TPSA) is 12.5 Å². The average molecular weight is 203 g/mol. The molecule has 2 heteroatoms. The van der Waals surface area contributed by atoms with E-state index in [9.17, 15) is 0 Å². The number of aryl methyl sites for hydroxylation is 1. The molecule has 0 atom stereocenters. The van der Waals surface area contributed by atoms with Crippen molar-refractivity contribution in [2.45, 2.75) is 13.3 Å². The quantitative estimate of drug-likeness (QED) is 0.732. The second-order valence-corrected chi connectivity index (χ2v) is 4.10. The highest BCUT2D eigenvalue weighted by Gasteiger charge is 2.09. The van der Waals surface area contributed by atoms with Crippen molar-refractivity contribution in [2.75, 3.05) is 20.1 Å². The lowest BCUT2D eigenvalue weighted by molar-refractivity contribution is 0.302. The predicted molar refractivity (Wildman–Crippen MR) is 62.0 cm³/mol. The lowest BCUT2D eigenvalue weighted by Gasteiger charge is -2.21. The van der Waals surface area contributed by atoms with Crippen LogP contribution in [0.3, 0.4) is 0 Å². The van der Waals surface area contributed by atoms with Gasteiger partial charge in [-0.15, -0.1) is 0 Å². The van der Waals surface area contributed by atoms with Crippen LogP contribution >= 0.6 is 0 Å². The fourth-order valence-electron chi connectivity index (χ4n) is 1.67. The van der Waals surface area contributed by atoms with Gasteiger partial charge in [0.25, 0.3) is 0 Å². The molecule has 0 N–H and O–H groups in total. The molecule has 2 nitrogen and oxygen atoms in total. The third-order valence-corrected chi connectivity index (χ3v) is 2.61. The molecule has 0 unspecified atom stereocenters. The van der Waals surface area contributed by atoms with Gasteiger partial charge in [-0.3, -0.25) is 0 Å². The van der Waals surface area contributed by atoms with Crippen molar-refractivity contribution in [2.24, 2.45) is 0 Å². The zero-order valence-corrected chi connectivity index (χ0v) is 9.36. The average Bonchev–Trinajstić information content (AvgIpc) is 2.22.